The van der Waals surface area contributed by atoms with E-state index < -0.39 is 41.5 Å². The van der Waals surface area contributed by atoms with Gasteiger partial charge in [-0.05, 0) is 23.8 Å². The standard InChI is InChI=1S/C19H15F4N3O3/c20-14-3-1-2-13(16(14)19(21,22)23)9-29-18(24)10-25-15(8-26-18)11-4-6-12(7-5-11)17(27)28/h1-8,10,26H,9,24H2,(H,27,28). The number of rotatable bonds is 5. The van der Waals surface area contributed by atoms with Gasteiger partial charge in [-0.15, -0.1) is 0 Å². The van der Waals surface area contributed by atoms with E-state index in [-0.39, 0.29) is 5.56 Å². The average Bonchev–Trinajstić information content (AvgIpc) is 2.66. The van der Waals surface area contributed by atoms with E-state index in [1.54, 1.807) is 12.1 Å². The first-order valence-corrected chi connectivity index (χ1v) is 8.23. The van der Waals surface area contributed by atoms with E-state index >= 15 is 0 Å². The Morgan fingerprint density at radius 1 is 1.21 bits per heavy atom. The van der Waals surface area contributed by atoms with Gasteiger partial charge in [0.05, 0.1) is 29.6 Å². The van der Waals surface area contributed by atoms with Crippen LogP contribution in [0.5, 0.6) is 0 Å². The predicted molar refractivity (Wildman–Crippen MR) is 96.1 cm³/mol. The Hall–Kier alpha value is -3.24. The Bertz CT molecular complexity index is 987. The van der Waals surface area contributed by atoms with Crippen molar-refractivity contribution in [3.8, 4) is 0 Å². The van der Waals surface area contributed by atoms with E-state index in [0.717, 1.165) is 24.4 Å². The number of carboxylic acids is 1. The Morgan fingerprint density at radius 3 is 2.45 bits per heavy atom. The molecule has 0 radical (unpaired) electrons. The minimum atomic E-state index is -4.88. The zero-order valence-corrected chi connectivity index (χ0v) is 14.7. The van der Waals surface area contributed by atoms with Crippen LogP contribution in [0.15, 0.2) is 53.7 Å². The molecule has 0 fully saturated rings. The second-order valence-electron chi connectivity index (χ2n) is 6.17. The number of ether oxygens (including phenoxy) is 1. The summed E-state index contributed by atoms with van der Waals surface area (Å²) in [4.78, 5) is 15.0. The van der Waals surface area contributed by atoms with Crippen molar-refractivity contribution in [3.05, 3.63) is 76.7 Å². The highest BCUT2D eigenvalue weighted by Gasteiger charge is 2.37. The molecule has 2 aromatic carbocycles. The van der Waals surface area contributed by atoms with Crippen molar-refractivity contribution in [3.63, 3.8) is 0 Å². The number of nitrogens with zero attached hydrogens (tertiary/aromatic N) is 1. The molecule has 0 amide bonds. The fourth-order valence-electron chi connectivity index (χ4n) is 2.65. The molecule has 0 aliphatic carbocycles. The third kappa shape index (κ3) is 4.61. The molecule has 1 unspecified atom stereocenters. The first kappa shape index (κ1) is 20.5. The number of aromatic carboxylic acids is 1. The number of halogens is 4. The number of carbonyl (C=O) groups is 1. The van der Waals surface area contributed by atoms with Gasteiger partial charge in [-0.3, -0.25) is 10.7 Å². The van der Waals surface area contributed by atoms with Gasteiger partial charge >= 0.3 is 12.1 Å². The molecule has 1 atom stereocenters. The quantitative estimate of drug-likeness (QED) is 0.520. The van der Waals surface area contributed by atoms with Crippen molar-refractivity contribution in [1.29, 1.82) is 0 Å². The van der Waals surface area contributed by atoms with Gasteiger partial charge in [-0.25, -0.2) is 9.18 Å². The molecule has 1 heterocycles. The van der Waals surface area contributed by atoms with Gasteiger partial charge in [-0.2, -0.15) is 13.2 Å². The smallest absolute Gasteiger partial charge is 0.419 e. The molecule has 0 saturated carbocycles. The SMILES string of the molecule is NC1(OCc2cccc(F)c2C(F)(F)F)C=NC(c2ccc(C(=O)O)cc2)=CN1. The molecule has 1 aliphatic rings. The van der Waals surface area contributed by atoms with Gasteiger partial charge < -0.3 is 15.2 Å². The van der Waals surface area contributed by atoms with Crippen LogP contribution in [0.1, 0.15) is 27.0 Å². The molecule has 29 heavy (non-hydrogen) atoms. The van der Waals surface area contributed by atoms with Crippen LogP contribution >= 0.6 is 0 Å². The van der Waals surface area contributed by atoms with Crippen LogP contribution in [-0.2, 0) is 17.5 Å². The molecule has 0 aromatic heterocycles. The number of hydrogen-bond acceptors (Lipinski definition) is 5. The lowest BCUT2D eigenvalue weighted by Crippen LogP contribution is -2.56. The lowest BCUT2D eigenvalue weighted by atomic mass is 10.1. The molecule has 3 rings (SSSR count). The van der Waals surface area contributed by atoms with E-state index in [0.29, 0.717) is 11.3 Å². The molecule has 152 valence electrons. The average molecular weight is 409 g/mol. The number of aliphatic imine (C=N–C) groups is 1. The largest absolute Gasteiger partial charge is 0.478 e. The van der Waals surface area contributed by atoms with Crippen molar-refractivity contribution < 1.29 is 32.2 Å². The summed E-state index contributed by atoms with van der Waals surface area (Å²) in [5, 5.41) is 11.6. The molecular formula is C19H15F4N3O3. The lowest BCUT2D eigenvalue weighted by molar-refractivity contribution is -0.142. The summed E-state index contributed by atoms with van der Waals surface area (Å²) < 4.78 is 58.2. The fourth-order valence-corrected chi connectivity index (χ4v) is 2.65. The van der Waals surface area contributed by atoms with Crippen molar-refractivity contribution in [2.75, 3.05) is 0 Å². The van der Waals surface area contributed by atoms with E-state index in [9.17, 15) is 22.4 Å². The summed E-state index contributed by atoms with van der Waals surface area (Å²) in [6, 6.07) is 8.85. The number of benzene rings is 2. The monoisotopic (exact) mass is 409 g/mol. The Morgan fingerprint density at radius 2 is 1.90 bits per heavy atom. The molecule has 0 saturated heterocycles. The van der Waals surface area contributed by atoms with Gasteiger partial charge in [0, 0.05) is 11.8 Å². The summed E-state index contributed by atoms with van der Waals surface area (Å²) in [5.74, 6) is -4.18. The summed E-state index contributed by atoms with van der Waals surface area (Å²) in [6.07, 6.45) is -2.35. The second-order valence-corrected chi connectivity index (χ2v) is 6.17. The maximum absolute atomic E-state index is 13.6. The van der Waals surface area contributed by atoms with E-state index in [4.69, 9.17) is 15.6 Å². The zero-order valence-electron chi connectivity index (χ0n) is 14.7. The maximum Gasteiger partial charge on any atom is 0.419 e. The fraction of sp³-hybridized carbons (Fsp3) is 0.158. The lowest BCUT2D eigenvalue weighted by Gasteiger charge is -2.29. The third-order valence-electron chi connectivity index (χ3n) is 4.11. The van der Waals surface area contributed by atoms with Crippen LogP contribution < -0.4 is 11.1 Å². The van der Waals surface area contributed by atoms with Crippen LogP contribution in [-0.4, -0.2) is 23.1 Å². The zero-order chi connectivity index (χ0) is 21.2. The molecule has 0 spiro atoms. The maximum atomic E-state index is 13.6. The highest BCUT2D eigenvalue weighted by atomic mass is 19.4. The van der Waals surface area contributed by atoms with Gasteiger partial charge in [0.1, 0.15) is 5.82 Å². The Labute approximate surface area is 162 Å². The van der Waals surface area contributed by atoms with Gasteiger partial charge in [0.2, 0.25) is 5.85 Å². The van der Waals surface area contributed by atoms with E-state index in [1.807, 2.05) is 0 Å². The van der Waals surface area contributed by atoms with Gasteiger partial charge in [-0.1, -0.05) is 24.3 Å². The van der Waals surface area contributed by atoms with Crippen molar-refractivity contribution in [2.24, 2.45) is 10.7 Å². The third-order valence-corrected chi connectivity index (χ3v) is 4.11. The summed E-state index contributed by atoms with van der Waals surface area (Å²) >= 11 is 0. The molecule has 6 nitrogen and oxygen atoms in total. The summed E-state index contributed by atoms with van der Waals surface area (Å²) in [7, 11) is 0. The molecule has 4 N–H and O–H groups in total. The number of alkyl halides is 3. The Kier molecular flexibility index (Phi) is 5.40. The first-order valence-electron chi connectivity index (χ1n) is 8.23. The number of hydrogen-bond donors (Lipinski definition) is 3. The number of carboxylic acid groups (broad SMARTS) is 1. The van der Waals surface area contributed by atoms with Gasteiger partial charge in [0.15, 0.2) is 0 Å². The van der Waals surface area contributed by atoms with E-state index in [1.165, 1.54) is 18.3 Å². The molecule has 1 aliphatic heterocycles. The van der Waals surface area contributed by atoms with Crippen LogP contribution in [0.2, 0.25) is 0 Å². The van der Waals surface area contributed by atoms with Crippen LogP contribution in [0.3, 0.4) is 0 Å². The highest BCUT2D eigenvalue weighted by molar-refractivity contribution is 5.88. The second kappa shape index (κ2) is 7.64. The first-order chi connectivity index (χ1) is 13.6. The summed E-state index contributed by atoms with van der Waals surface area (Å²) in [6.45, 7) is -0.612. The molecular weight excluding hydrogens is 394 g/mol. The molecule has 2 aromatic rings. The van der Waals surface area contributed by atoms with Crippen LogP contribution in [0.4, 0.5) is 17.6 Å². The topological polar surface area (TPSA) is 96.9 Å². The van der Waals surface area contributed by atoms with Crippen LogP contribution in [0.25, 0.3) is 5.70 Å². The number of nitrogens with two attached hydrogens (primary N) is 1. The van der Waals surface area contributed by atoms with E-state index in [2.05, 4.69) is 10.3 Å². The van der Waals surface area contributed by atoms with Crippen molar-refractivity contribution in [2.45, 2.75) is 18.6 Å². The molecule has 0 bridgehead atoms. The van der Waals surface area contributed by atoms with Crippen molar-refractivity contribution >= 4 is 17.9 Å². The number of nitrogens with one attached hydrogen (secondary N) is 1. The highest BCUT2D eigenvalue weighted by Crippen LogP contribution is 2.34. The van der Waals surface area contributed by atoms with Gasteiger partial charge in [0.25, 0.3) is 0 Å². The minimum absolute atomic E-state index is 0.106. The minimum Gasteiger partial charge on any atom is -0.478 e. The molecule has 10 heteroatoms. The Balaban J connectivity index is 1.71. The predicted octanol–water partition coefficient (Wildman–Crippen LogP) is 3.34. The van der Waals surface area contributed by atoms with Crippen LogP contribution in [0, 0.1) is 5.82 Å². The normalized spacial score (nSPS) is 18.9. The summed E-state index contributed by atoms with van der Waals surface area (Å²) in [5.41, 5.74) is 5.22. The van der Waals surface area contributed by atoms with Crippen molar-refractivity contribution in [1.82, 2.24) is 5.32 Å².